The highest BCUT2D eigenvalue weighted by Crippen LogP contribution is 2.31. The first-order chi connectivity index (χ1) is 10.9. The number of anilines is 2. The Labute approximate surface area is 131 Å². The number of nitrogens with one attached hydrogen (secondary N) is 2. The summed E-state index contributed by atoms with van der Waals surface area (Å²) in [5.74, 6) is -0.351. The maximum absolute atomic E-state index is 12.7. The van der Waals surface area contributed by atoms with E-state index in [4.69, 9.17) is 0 Å². The molecule has 0 atom stereocenters. The van der Waals surface area contributed by atoms with Gasteiger partial charge in [0.2, 0.25) is 0 Å². The Morgan fingerprint density at radius 1 is 1.22 bits per heavy atom. The van der Waals surface area contributed by atoms with Crippen LogP contribution in [0.15, 0.2) is 55.3 Å². The summed E-state index contributed by atoms with van der Waals surface area (Å²) in [5, 5.41) is 5.39. The number of hydrogen-bond donors (Lipinski definition) is 2. The van der Waals surface area contributed by atoms with Crippen molar-refractivity contribution >= 4 is 17.3 Å². The van der Waals surface area contributed by atoms with Crippen molar-refractivity contribution in [2.45, 2.75) is 6.18 Å². The zero-order valence-electron chi connectivity index (χ0n) is 12.0. The number of pyridine rings is 1. The predicted molar refractivity (Wildman–Crippen MR) is 81.5 cm³/mol. The average molecular weight is 321 g/mol. The number of benzene rings is 1. The van der Waals surface area contributed by atoms with E-state index in [1.807, 2.05) is 0 Å². The standard InChI is InChI=1S/C16H14F3N3O/c1-2-8-20-15(23)14-7-6-13(10-21-14)22-12-5-3-4-11(9-12)16(17,18)19/h2-7,9-10,22H,1,8H2,(H,20,23). The van der Waals surface area contributed by atoms with Crippen LogP contribution in [0, 0.1) is 0 Å². The highest BCUT2D eigenvalue weighted by atomic mass is 19.4. The molecular formula is C16H14F3N3O. The van der Waals surface area contributed by atoms with Gasteiger partial charge in [-0.05, 0) is 30.3 Å². The zero-order valence-corrected chi connectivity index (χ0v) is 12.0. The average Bonchev–Trinajstić information content (AvgIpc) is 2.53. The van der Waals surface area contributed by atoms with E-state index in [1.165, 1.54) is 24.4 Å². The molecule has 1 aromatic carbocycles. The summed E-state index contributed by atoms with van der Waals surface area (Å²) in [5.41, 5.74) is 0.229. The normalized spacial score (nSPS) is 10.9. The molecular weight excluding hydrogens is 307 g/mol. The van der Waals surface area contributed by atoms with Gasteiger partial charge in [-0.3, -0.25) is 4.79 Å². The molecule has 0 fully saturated rings. The van der Waals surface area contributed by atoms with Crippen molar-refractivity contribution in [3.05, 3.63) is 66.5 Å². The minimum absolute atomic E-state index is 0.210. The first kappa shape index (κ1) is 16.5. The van der Waals surface area contributed by atoms with Crippen LogP contribution in [0.2, 0.25) is 0 Å². The highest BCUT2D eigenvalue weighted by molar-refractivity contribution is 5.92. The van der Waals surface area contributed by atoms with Gasteiger partial charge in [0.1, 0.15) is 5.69 Å². The van der Waals surface area contributed by atoms with Gasteiger partial charge in [-0.15, -0.1) is 6.58 Å². The SMILES string of the molecule is C=CCNC(=O)c1ccc(Nc2cccc(C(F)(F)F)c2)cn1. The van der Waals surface area contributed by atoms with Crippen LogP contribution in [0.3, 0.4) is 0 Å². The molecule has 0 spiro atoms. The van der Waals surface area contributed by atoms with E-state index >= 15 is 0 Å². The smallest absolute Gasteiger partial charge is 0.354 e. The summed E-state index contributed by atoms with van der Waals surface area (Å²) < 4.78 is 38.0. The van der Waals surface area contributed by atoms with E-state index in [9.17, 15) is 18.0 Å². The second kappa shape index (κ2) is 6.95. The van der Waals surface area contributed by atoms with Crippen molar-refractivity contribution < 1.29 is 18.0 Å². The molecule has 1 aromatic heterocycles. The van der Waals surface area contributed by atoms with Crippen molar-refractivity contribution in [2.24, 2.45) is 0 Å². The largest absolute Gasteiger partial charge is 0.416 e. The number of carbonyl (C=O) groups is 1. The monoisotopic (exact) mass is 321 g/mol. The topological polar surface area (TPSA) is 54.0 Å². The number of aromatic nitrogens is 1. The Morgan fingerprint density at radius 2 is 2.00 bits per heavy atom. The number of hydrogen-bond acceptors (Lipinski definition) is 3. The molecule has 1 amide bonds. The number of nitrogens with zero attached hydrogens (tertiary/aromatic N) is 1. The number of rotatable bonds is 5. The van der Waals surface area contributed by atoms with Crippen LogP contribution in [0.1, 0.15) is 16.1 Å². The third-order valence-corrected chi connectivity index (χ3v) is 2.88. The molecule has 2 rings (SSSR count). The van der Waals surface area contributed by atoms with Crippen molar-refractivity contribution in [1.29, 1.82) is 0 Å². The Morgan fingerprint density at radius 3 is 2.61 bits per heavy atom. The predicted octanol–water partition coefficient (Wildman–Crippen LogP) is 3.76. The number of carbonyl (C=O) groups excluding carboxylic acids is 1. The zero-order chi connectivity index (χ0) is 16.9. The molecule has 0 aliphatic heterocycles. The second-order valence-corrected chi connectivity index (χ2v) is 4.63. The quantitative estimate of drug-likeness (QED) is 0.825. The molecule has 0 saturated carbocycles. The minimum atomic E-state index is -4.40. The van der Waals surface area contributed by atoms with Gasteiger partial charge in [-0.25, -0.2) is 4.98 Å². The van der Waals surface area contributed by atoms with E-state index < -0.39 is 11.7 Å². The molecule has 4 nitrogen and oxygen atoms in total. The fraction of sp³-hybridized carbons (Fsp3) is 0.125. The van der Waals surface area contributed by atoms with Crippen molar-refractivity contribution in [3.8, 4) is 0 Å². The van der Waals surface area contributed by atoms with Gasteiger partial charge < -0.3 is 10.6 Å². The third kappa shape index (κ3) is 4.57. The minimum Gasteiger partial charge on any atom is -0.354 e. The Bertz CT molecular complexity index is 696. The molecule has 2 aromatic rings. The molecule has 0 unspecified atom stereocenters. The molecule has 0 saturated heterocycles. The number of amides is 1. The molecule has 0 bridgehead atoms. The fourth-order valence-electron chi connectivity index (χ4n) is 1.80. The lowest BCUT2D eigenvalue weighted by molar-refractivity contribution is -0.137. The molecule has 120 valence electrons. The summed E-state index contributed by atoms with van der Waals surface area (Å²) in [6.45, 7) is 3.81. The van der Waals surface area contributed by atoms with E-state index in [2.05, 4.69) is 22.2 Å². The number of alkyl halides is 3. The van der Waals surface area contributed by atoms with Crippen molar-refractivity contribution in [1.82, 2.24) is 10.3 Å². The first-order valence-corrected chi connectivity index (χ1v) is 6.69. The summed E-state index contributed by atoms with van der Waals surface area (Å²) in [6.07, 6.45) is -1.48. The second-order valence-electron chi connectivity index (χ2n) is 4.63. The lowest BCUT2D eigenvalue weighted by Gasteiger charge is -2.10. The van der Waals surface area contributed by atoms with Crippen LogP contribution in [-0.4, -0.2) is 17.4 Å². The molecule has 1 heterocycles. The van der Waals surface area contributed by atoms with Crippen LogP contribution in [0.4, 0.5) is 24.5 Å². The van der Waals surface area contributed by atoms with Crippen LogP contribution in [0.5, 0.6) is 0 Å². The lowest BCUT2D eigenvalue weighted by atomic mass is 10.2. The van der Waals surface area contributed by atoms with Crippen LogP contribution in [0.25, 0.3) is 0 Å². The Hall–Kier alpha value is -2.83. The van der Waals surface area contributed by atoms with Gasteiger partial charge >= 0.3 is 6.18 Å². The van der Waals surface area contributed by atoms with E-state index in [-0.39, 0.29) is 17.3 Å². The van der Waals surface area contributed by atoms with Crippen LogP contribution in [-0.2, 0) is 6.18 Å². The number of halogens is 3. The maximum Gasteiger partial charge on any atom is 0.416 e. The summed E-state index contributed by atoms with van der Waals surface area (Å²) in [4.78, 5) is 15.6. The maximum atomic E-state index is 12.7. The van der Waals surface area contributed by atoms with Gasteiger partial charge in [0.25, 0.3) is 5.91 Å². The summed E-state index contributed by atoms with van der Waals surface area (Å²) in [6, 6.07) is 7.88. The van der Waals surface area contributed by atoms with Gasteiger partial charge in [0.15, 0.2) is 0 Å². The van der Waals surface area contributed by atoms with Gasteiger partial charge in [-0.1, -0.05) is 12.1 Å². The van der Waals surface area contributed by atoms with Gasteiger partial charge in [-0.2, -0.15) is 13.2 Å². The first-order valence-electron chi connectivity index (χ1n) is 6.69. The van der Waals surface area contributed by atoms with Crippen molar-refractivity contribution in [3.63, 3.8) is 0 Å². The molecule has 7 heteroatoms. The van der Waals surface area contributed by atoms with Crippen LogP contribution < -0.4 is 10.6 Å². The third-order valence-electron chi connectivity index (χ3n) is 2.88. The molecule has 0 aliphatic carbocycles. The fourth-order valence-corrected chi connectivity index (χ4v) is 1.80. The van der Waals surface area contributed by atoms with Gasteiger partial charge in [0, 0.05) is 12.2 Å². The summed E-state index contributed by atoms with van der Waals surface area (Å²) >= 11 is 0. The molecule has 2 N–H and O–H groups in total. The molecule has 23 heavy (non-hydrogen) atoms. The highest BCUT2D eigenvalue weighted by Gasteiger charge is 2.30. The Kier molecular flexibility index (Phi) is 5.00. The molecule has 0 aliphatic rings. The summed E-state index contributed by atoms with van der Waals surface area (Å²) in [7, 11) is 0. The van der Waals surface area contributed by atoms with E-state index in [0.717, 1.165) is 12.1 Å². The van der Waals surface area contributed by atoms with Gasteiger partial charge in [0.05, 0.1) is 17.4 Å². The van der Waals surface area contributed by atoms with E-state index in [1.54, 1.807) is 12.1 Å². The lowest BCUT2D eigenvalue weighted by Crippen LogP contribution is -2.24. The van der Waals surface area contributed by atoms with Crippen molar-refractivity contribution in [2.75, 3.05) is 11.9 Å². The van der Waals surface area contributed by atoms with E-state index in [0.29, 0.717) is 12.2 Å². The molecule has 0 radical (unpaired) electrons. The van der Waals surface area contributed by atoms with Crippen LogP contribution >= 0.6 is 0 Å². The Balaban J connectivity index is 2.09.